The van der Waals surface area contributed by atoms with E-state index in [0.29, 0.717) is 16.9 Å². The maximum atomic E-state index is 13.4. The van der Waals surface area contributed by atoms with Gasteiger partial charge in [0.25, 0.3) is 0 Å². The summed E-state index contributed by atoms with van der Waals surface area (Å²) in [5, 5.41) is 9.10. The van der Waals surface area contributed by atoms with Gasteiger partial charge in [0.15, 0.2) is 11.6 Å². The number of aliphatic carboxylic acids is 1. The van der Waals surface area contributed by atoms with E-state index in [9.17, 15) is 13.6 Å². The molecule has 1 unspecified atom stereocenters. The van der Waals surface area contributed by atoms with Crippen molar-refractivity contribution in [2.75, 3.05) is 5.75 Å². The molecule has 0 bridgehead atoms. The molecule has 0 amide bonds. The van der Waals surface area contributed by atoms with Crippen LogP contribution in [0.15, 0.2) is 12.1 Å². The molecule has 1 atom stereocenters. The Morgan fingerprint density at radius 2 is 2.20 bits per heavy atom. The average molecular weight is 298 g/mol. The van der Waals surface area contributed by atoms with E-state index in [1.54, 1.807) is 11.8 Å². The van der Waals surface area contributed by atoms with Crippen LogP contribution < -0.4 is 0 Å². The van der Waals surface area contributed by atoms with Crippen molar-refractivity contribution in [3.63, 3.8) is 0 Å². The quantitative estimate of drug-likeness (QED) is 0.946. The van der Waals surface area contributed by atoms with Crippen LogP contribution in [-0.4, -0.2) is 26.4 Å². The minimum Gasteiger partial charge on any atom is -0.480 e. The van der Waals surface area contributed by atoms with Crippen molar-refractivity contribution in [2.24, 2.45) is 0 Å². The Bertz CT molecular complexity index is 681. The molecule has 1 aromatic heterocycles. The molecule has 2 heterocycles. The number of hydrogen-bond acceptors (Lipinski definition) is 3. The number of halogens is 2. The number of benzene rings is 1. The number of fused-ring (bicyclic) bond motifs is 1. The molecule has 0 aliphatic carbocycles. The van der Waals surface area contributed by atoms with E-state index in [2.05, 4.69) is 4.98 Å². The van der Waals surface area contributed by atoms with Gasteiger partial charge in [-0.1, -0.05) is 0 Å². The number of hydrogen-bond donors (Lipinski definition) is 1. The summed E-state index contributed by atoms with van der Waals surface area (Å²) >= 11 is 1.70. The van der Waals surface area contributed by atoms with Crippen molar-refractivity contribution in [2.45, 2.75) is 24.6 Å². The van der Waals surface area contributed by atoms with E-state index < -0.39 is 17.6 Å². The van der Waals surface area contributed by atoms with E-state index in [4.69, 9.17) is 5.11 Å². The van der Waals surface area contributed by atoms with Gasteiger partial charge in [-0.3, -0.25) is 4.79 Å². The number of carboxylic acid groups (broad SMARTS) is 1. The number of nitrogens with zero attached hydrogens (tertiary/aromatic N) is 2. The van der Waals surface area contributed by atoms with Crippen molar-refractivity contribution in [3.05, 3.63) is 29.6 Å². The summed E-state index contributed by atoms with van der Waals surface area (Å²) in [5.41, 5.74) is 0.626. The highest BCUT2D eigenvalue weighted by atomic mass is 32.2. The summed E-state index contributed by atoms with van der Waals surface area (Å²) in [6, 6.07) is 2.04. The molecule has 1 fully saturated rings. The van der Waals surface area contributed by atoms with Crippen LogP contribution in [0.25, 0.3) is 11.0 Å². The Morgan fingerprint density at radius 3 is 2.85 bits per heavy atom. The molecular formula is C13H12F2N2O2S. The van der Waals surface area contributed by atoms with Gasteiger partial charge in [0, 0.05) is 12.1 Å². The highest BCUT2D eigenvalue weighted by Gasteiger charge is 2.25. The fourth-order valence-electron chi connectivity index (χ4n) is 2.47. The number of thioether (sulfide) groups is 1. The van der Waals surface area contributed by atoms with Crippen molar-refractivity contribution < 1.29 is 18.7 Å². The second kappa shape index (κ2) is 5.05. The Hall–Kier alpha value is -1.63. The van der Waals surface area contributed by atoms with Crippen LogP contribution >= 0.6 is 11.8 Å². The fraction of sp³-hybridized carbons (Fsp3) is 0.385. The molecule has 4 nitrogen and oxygen atoms in total. The van der Waals surface area contributed by atoms with Crippen LogP contribution in [0.5, 0.6) is 0 Å². The lowest BCUT2D eigenvalue weighted by atomic mass is 10.2. The lowest BCUT2D eigenvalue weighted by molar-refractivity contribution is -0.137. The Kier molecular flexibility index (Phi) is 3.37. The van der Waals surface area contributed by atoms with E-state index in [1.807, 2.05) is 0 Å². The van der Waals surface area contributed by atoms with Gasteiger partial charge < -0.3 is 9.67 Å². The zero-order valence-corrected chi connectivity index (χ0v) is 11.3. The van der Waals surface area contributed by atoms with Gasteiger partial charge >= 0.3 is 5.97 Å². The van der Waals surface area contributed by atoms with Crippen LogP contribution in [0.1, 0.15) is 23.9 Å². The van der Waals surface area contributed by atoms with E-state index in [0.717, 1.165) is 30.7 Å². The third-order valence-electron chi connectivity index (χ3n) is 3.33. The van der Waals surface area contributed by atoms with Crippen molar-refractivity contribution in [1.29, 1.82) is 0 Å². The Balaban J connectivity index is 2.18. The molecule has 0 saturated carbocycles. The van der Waals surface area contributed by atoms with Gasteiger partial charge in [-0.25, -0.2) is 13.8 Å². The minimum absolute atomic E-state index is 0.0906. The van der Waals surface area contributed by atoms with Gasteiger partial charge in [-0.15, -0.1) is 0 Å². The molecule has 1 saturated heterocycles. The van der Waals surface area contributed by atoms with E-state index >= 15 is 0 Å². The summed E-state index contributed by atoms with van der Waals surface area (Å²) in [4.78, 5) is 15.3. The number of imidazole rings is 1. The molecule has 1 N–H and O–H groups in total. The first-order chi connectivity index (χ1) is 9.56. The summed E-state index contributed by atoms with van der Waals surface area (Å²) < 4.78 is 28.1. The van der Waals surface area contributed by atoms with E-state index in [1.165, 1.54) is 4.57 Å². The predicted molar refractivity (Wildman–Crippen MR) is 71.7 cm³/mol. The zero-order valence-electron chi connectivity index (χ0n) is 10.5. The topological polar surface area (TPSA) is 55.1 Å². The highest BCUT2D eigenvalue weighted by Crippen LogP contribution is 2.40. The molecule has 1 aliphatic rings. The van der Waals surface area contributed by atoms with Crippen LogP contribution in [0, 0.1) is 11.6 Å². The van der Waals surface area contributed by atoms with Gasteiger partial charge in [-0.2, -0.15) is 11.8 Å². The summed E-state index contributed by atoms with van der Waals surface area (Å²) in [5.74, 6) is -1.41. The second-order valence-electron chi connectivity index (χ2n) is 4.71. The Labute approximate surface area is 117 Å². The first-order valence-electron chi connectivity index (χ1n) is 6.25. The van der Waals surface area contributed by atoms with Crippen LogP contribution in [0.4, 0.5) is 8.78 Å². The van der Waals surface area contributed by atoms with Gasteiger partial charge in [-0.05, 0) is 18.6 Å². The highest BCUT2D eigenvalue weighted by molar-refractivity contribution is 7.99. The van der Waals surface area contributed by atoms with Gasteiger partial charge in [0.05, 0.1) is 16.3 Å². The smallest absolute Gasteiger partial charge is 0.323 e. The van der Waals surface area contributed by atoms with Crippen LogP contribution in [-0.2, 0) is 11.3 Å². The van der Waals surface area contributed by atoms with Crippen molar-refractivity contribution >= 4 is 28.8 Å². The molecule has 3 rings (SSSR count). The lowest BCUT2D eigenvalue weighted by Gasteiger charge is -2.11. The number of aromatic nitrogens is 2. The fourth-order valence-corrected chi connectivity index (χ4v) is 3.75. The molecule has 1 aromatic carbocycles. The second-order valence-corrected chi connectivity index (χ2v) is 6.02. The standard InChI is InChI=1S/C13H12F2N2O2S/c14-7-4-9-10(5-8(7)15)17(6-12(18)19)13(16-9)11-2-1-3-20-11/h4-5,11H,1-3,6H2,(H,18,19). The largest absolute Gasteiger partial charge is 0.480 e. The summed E-state index contributed by atoms with van der Waals surface area (Å²) in [6.07, 6.45) is 1.94. The lowest BCUT2D eigenvalue weighted by Crippen LogP contribution is -2.13. The normalized spacial score (nSPS) is 18.8. The first kappa shape index (κ1) is 13.4. The predicted octanol–water partition coefficient (Wildman–Crippen LogP) is 2.97. The SMILES string of the molecule is O=C(O)Cn1c(C2CCCS2)nc2cc(F)c(F)cc21. The third-order valence-corrected chi connectivity index (χ3v) is 4.70. The maximum Gasteiger partial charge on any atom is 0.323 e. The number of carbonyl (C=O) groups is 1. The summed E-state index contributed by atoms with van der Waals surface area (Å²) in [6.45, 7) is -0.298. The molecule has 106 valence electrons. The monoisotopic (exact) mass is 298 g/mol. The molecule has 7 heteroatoms. The van der Waals surface area contributed by atoms with Gasteiger partial charge in [0.1, 0.15) is 12.4 Å². The average Bonchev–Trinajstić information content (AvgIpc) is 2.99. The van der Waals surface area contributed by atoms with E-state index in [-0.39, 0.29) is 11.8 Å². The first-order valence-corrected chi connectivity index (χ1v) is 7.29. The molecule has 0 radical (unpaired) electrons. The maximum absolute atomic E-state index is 13.4. The van der Waals surface area contributed by atoms with Crippen molar-refractivity contribution in [3.8, 4) is 0 Å². The number of carboxylic acids is 1. The molecule has 0 spiro atoms. The number of rotatable bonds is 3. The van der Waals surface area contributed by atoms with Crippen LogP contribution in [0.3, 0.4) is 0 Å². The van der Waals surface area contributed by atoms with Gasteiger partial charge in [0.2, 0.25) is 0 Å². The van der Waals surface area contributed by atoms with Crippen molar-refractivity contribution in [1.82, 2.24) is 9.55 Å². The molecule has 20 heavy (non-hydrogen) atoms. The molecule has 1 aliphatic heterocycles. The zero-order chi connectivity index (χ0) is 14.3. The molecule has 2 aromatic rings. The molecular weight excluding hydrogens is 286 g/mol. The van der Waals surface area contributed by atoms with Crippen LogP contribution in [0.2, 0.25) is 0 Å². The Morgan fingerprint density at radius 1 is 1.45 bits per heavy atom. The summed E-state index contributed by atoms with van der Waals surface area (Å²) in [7, 11) is 0. The minimum atomic E-state index is -1.03. The third kappa shape index (κ3) is 2.26.